The molecule has 4 heteroatoms. The van der Waals surface area contributed by atoms with Gasteiger partial charge in [-0.25, -0.2) is 0 Å². The second-order valence-corrected chi connectivity index (χ2v) is 5.53. The van der Waals surface area contributed by atoms with E-state index >= 15 is 0 Å². The van der Waals surface area contributed by atoms with Gasteiger partial charge in [-0.15, -0.1) is 0 Å². The van der Waals surface area contributed by atoms with Crippen LogP contribution >= 0.6 is 0 Å². The molecule has 0 fully saturated rings. The van der Waals surface area contributed by atoms with Gasteiger partial charge in [-0.1, -0.05) is 30.3 Å². The molecule has 1 amide bonds. The van der Waals surface area contributed by atoms with Crippen LogP contribution in [0.25, 0.3) is 0 Å². The number of carbonyl (C=O) groups excluding carboxylic acids is 1. The van der Waals surface area contributed by atoms with Gasteiger partial charge in [-0.2, -0.15) is 0 Å². The van der Waals surface area contributed by atoms with E-state index < -0.39 is 0 Å². The van der Waals surface area contributed by atoms with Crippen molar-refractivity contribution < 1.29 is 9.53 Å². The van der Waals surface area contributed by atoms with Gasteiger partial charge in [-0.3, -0.25) is 4.79 Å². The van der Waals surface area contributed by atoms with Crippen LogP contribution in [0.2, 0.25) is 0 Å². The number of anilines is 1. The van der Waals surface area contributed by atoms with Crippen LogP contribution in [-0.4, -0.2) is 19.6 Å². The summed E-state index contributed by atoms with van der Waals surface area (Å²) in [6.07, 6.45) is 0.433. The zero-order valence-corrected chi connectivity index (χ0v) is 14.0. The average Bonchev–Trinajstić information content (AvgIpc) is 2.56. The molecule has 0 atom stereocenters. The third-order valence-corrected chi connectivity index (χ3v) is 3.92. The van der Waals surface area contributed by atoms with Crippen LogP contribution < -0.4 is 15.4 Å². The lowest BCUT2D eigenvalue weighted by Crippen LogP contribution is -2.22. The van der Waals surface area contributed by atoms with E-state index in [0.717, 1.165) is 22.6 Å². The molecule has 0 bridgehead atoms. The maximum absolute atomic E-state index is 12.0. The lowest BCUT2D eigenvalue weighted by Gasteiger charge is -2.11. The largest absolute Gasteiger partial charge is 0.496 e. The highest BCUT2D eigenvalue weighted by Crippen LogP contribution is 2.18. The van der Waals surface area contributed by atoms with Crippen LogP contribution in [0.3, 0.4) is 0 Å². The van der Waals surface area contributed by atoms with E-state index in [1.165, 1.54) is 5.56 Å². The first-order chi connectivity index (χ1) is 11.1. The Labute approximate surface area is 137 Å². The molecule has 2 rings (SSSR count). The molecule has 4 nitrogen and oxygen atoms in total. The van der Waals surface area contributed by atoms with Crippen molar-refractivity contribution in [3.63, 3.8) is 0 Å². The third-order valence-electron chi connectivity index (χ3n) is 3.92. The van der Waals surface area contributed by atoms with Gasteiger partial charge in [0, 0.05) is 30.8 Å². The Morgan fingerprint density at radius 2 is 1.87 bits per heavy atom. The molecule has 0 saturated heterocycles. The van der Waals surface area contributed by atoms with Gasteiger partial charge in [0.15, 0.2) is 0 Å². The first-order valence-electron chi connectivity index (χ1n) is 7.80. The number of rotatable bonds is 7. The van der Waals surface area contributed by atoms with Crippen molar-refractivity contribution in [2.75, 3.05) is 19.0 Å². The van der Waals surface area contributed by atoms with Crippen molar-refractivity contribution in [2.24, 2.45) is 0 Å². The van der Waals surface area contributed by atoms with Crippen molar-refractivity contribution in [1.82, 2.24) is 5.32 Å². The van der Waals surface area contributed by atoms with E-state index in [1.54, 1.807) is 7.11 Å². The van der Waals surface area contributed by atoms with E-state index in [-0.39, 0.29) is 5.91 Å². The SMILES string of the molecule is COc1ccccc1CNCCC(=O)Nc1cccc(C)c1C. The average molecular weight is 312 g/mol. The number of hydrogen-bond donors (Lipinski definition) is 2. The third kappa shape index (κ3) is 4.83. The Balaban J connectivity index is 1.78. The van der Waals surface area contributed by atoms with Crippen LogP contribution in [0.5, 0.6) is 5.75 Å². The number of methoxy groups -OCH3 is 1. The van der Waals surface area contributed by atoms with Crippen molar-refractivity contribution >= 4 is 11.6 Å². The Hall–Kier alpha value is -2.33. The van der Waals surface area contributed by atoms with Crippen LogP contribution in [0, 0.1) is 13.8 Å². The number of hydrogen-bond acceptors (Lipinski definition) is 3. The monoisotopic (exact) mass is 312 g/mol. The summed E-state index contributed by atoms with van der Waals surface area (Å²) in [4.78, 5) is 12.0. The highest BCUT2D eigenvalue weighted by Gasteiger charge is 2.06. The molecule has 2 N–H and O–H groups in total. The minimum Gasteiger partial charge on any atom is -0.496 e. The predicted octanol–water partition coefficient (Wildman–Crippen LogP) is 3.43. The highest BCUT2D eigenvalue weighted by atomic mass is 16.5. The molecular formula is C19H24N2O2. The summed E-state index contributed by atoms with van der Waals surface area (Å²) in [7, 11) is 1.66. The van der Waals surface area contributed by atoms with E-state index in [0.29, 0.717) is 19.5 Å². The van der Waals surface area contributed by atoms with E-state index in [4.69, 9.17) is 4.74 Å². The number of benzene rings is 2. The Morgan fingerprint density at radius 1 is 1.09 bits per heavy atom. The molecule has 0 saturated carbocycles. The van der Waals surface area contributed by atoms with Gasteiger partial charge in [0.1, 0.15) is 5.75 Å². The van der Waals surface area contributed by atoms with E-state index in [9.17, 15) is 4.79 Å². The van der Waals surface area contributed by atoms with Crippen LogP contribution in [-0.2, 0) is 11.3 Å². The van der Waals surface area contributed by atoms with E-state index in [1.807, 2.05) is 56.3 Å². The summed E-state index contributed by atoms with van der Waals surface area (Å²) in [5.74, 6) is 0.881. The van der Waals surface area contributed by atoms with Crippen molar-refractivity contribution in [3.8, 4) is 5.75 Å². The topological polar surface area (TPSA) is 50.4 Å². The Kier molecular flexibility index (Phi) is 6.18. The lowest BCUT2D eigenvalue weighted by molar-refractivity contribution is -0.116. The molecule has 23 heavy (non-hydrogen) atoms. The number of aryl methyl sites for hydroxylation is 1. The van der Waals surface area contributed by atoms with Gasteiger partial charge in [0.05, 0.1) is 7.11 Å². The molecule has 122 valence electrons. The van der Waals surface area contributed by atoms with Crippen LogP contribution in [0.15, 0.2) is 42.5 Å². The minimum atomic E-state index is 0.0197. The number of ether oxygens (including phenoxy) is 1. The van der Waals surface area contributed by atoms with Crippen LogP contribution in [0.1, 0.15) is 23.1 Å². The van der Waals surface area contributed by atoms with Gasteiger partial charge in [0.25, 0.3) is 0 Å². The van der Waals surface area contributed by atoms with Gasteiger partial charge < -0.3 is 15.4 Å². The molecule has 0 unspecified atom stereocenters. The maximum atomic E-state index is 12.0. The minimum absolute atomic E-state index is 0.0197. The van der Waals surface area contributed by atoms with Crippen molar-refractivity contribution in [2.45, 2.75) is 26.8 Å². The number of amides is 1. The lowest BCUT2D eigenvalue weighted by atomic mass is 10.1. The number of nitrogens with one attached hydrogen (secondary N) is 2. The smallest absolute Gasteiger partial charge is 0.225 e. The fourth-order valence-corrected chi connectivity index (χ4v) is 2.37. The second kappa shape index (κ2) is 8.34. The van der Waals surface area contributed by atoms with Crippen LogP contribution in [0.4, 0.5) is 5.69 Å². The number of para-hydroxylation sites is 1. The summed E-state index contributed by atoms with van der Waals surface area (Å²) in [6, 6.07) is 13.8. The van der Waals surface area contributed by atoms with E-state index in [2.05, 4.69) is 10.6 Å². The highest BCUT2D eigenvalue weighted by molar-refractivity contribution is 5.91. The molecule has 0 radical (unpaired) electrons. The van der Waals surface area contributed by atoms with Gasteiger partial charge in [-0.05, 0) is 37.1 Å². The molecule has 2 aromatic rings. The van der Waals surface area contributed by atoms with Gasteiger partial charge in [0.2, 0.25) is 5.91 Å². The summed E-state index contributed by atoms with van der Waals surface area (Å²) >= 11 is 0. The molecule has 0 aliphatic carbocycles. The second-order valence-electron chi connectivity index (χ2n) is 5.53. The zero-order chi connectivity index (χ0) is 16.7. The summed E-state index contributed by atoms with van der Waals surface area (Å²) in [5, 5.41) is 6.25. The van der Waals surface area contributed by atoms with Gasteiger partial charge >= 0.3 is 0 Å². The predicted molar refractivity (Wildman–Crippen MR) is 93.9 cm³/mol. The molecule has 0 heterocycles. The Bertz CT molecular complexity index is 668. The molecule has 0 aliphatic heterocycles. The summed E-state index contributed by atoms with van der Waals surface area (Å²) in [6.45, 7) is 5.36. The standard InChI is InChI=1S/C19H24N2O2/c1-14-7-6-9-17(15(14)2)21-19(22)11-12-20-13-16-8-4-5-10-18(16)23-3/h4-10,20H,11-13H2,1-3H3,(H,21,22). The normalized spacial score (nSPS) is 10.4. The summed E-state index contributed by atoms with van der Waals surface area (Å²) < 4.78 is 5.31. The summed E-state index contributed by atoms with van der Waals surface area (Å²) in [5.41, 5.74) is 4.27. The fraction of sp³-hybridized carbons (Fsp3) is 0.316. The first-order valence-corrected chi connectivity index (χ1v) is 7.80. The first kappa shape index (κ1) is 17.0. The Morgan fingerprint density at radius 3 is 2.65 bits per heavy atom. The zero-order valence-electron chi connectivity index (χ0n) is 14.0. The van der Waals surface area contributed by atoms with Crippen molar-refractivity contribution in [3.05, 3.63) is 59.2 Å². The van der Waals surface area contributed by atoms with Crippen molar-refractivity contribution in [1.29, 1.82) is 0 Å². The molecule has 2 aromatic carbocycles. The molecule has 0 aliphatic rings. The molecule has 0 aromatic heterocycles. The molecule has 0 spiro atoms. The molecular weight excluding hydrogens is 288 g/mol. The number of carbonyl (C=O) groups is 1. The maximum Gasteiger partial charge on any atom is 0.225 e. The fourth-order valence-electron chi connectivity index (χ4n) is 2.37. The quantitative estimate of drug-likeness (QED) is 0.770.